The van der Waals surface area contributed by atoms with Crippen LogP contribution >= 0.6 is 11.6 Å². The van der Waals surface area contributed by atoms with Gasteiger partial charge in [-0.15, -0.1) is 0 Å². The molecule has 0 unspecified atom stereocenters. The molecule has 0 aliphatic heterocycles. The van der Waals surface area contributed by atoms with E-state index >= 15 is 0 Å². The second-order valence-electron chi connectivity index (χ2n) is 6.63. The van der Waals surface area contributed by atoms with Gasteiger partial charge < -0.3 is 4.57 Å². The molecule has 0 atom stereocenters. The second kappa shape index (κ2) is 9.89. The van der Waals surface area contributed by atoms with Crippen LogP contribution in [0.15, 0.2) is 54.6 Å². The number of imidazole rings is 1. The first-order chi connectivity index (χ1) is 14.1. The van der Waals surface area contributed by atoms with Crippen molar-refractivity contribution in [1.29, 1.82) is 0 Å². The fourth-order valence-electron chi connectivity index (χ4n) is 2.97. The lowest BCUT2D eigenvalue weighted by atomic mass is 10.2. The summed E-state index contributed by atoms with van der Waals surface area (Å²) >= 11 is 5.92. The minimum absolute atomic E-state index is 0.0812. The van der Waals surface area contributed by atoms with Gasteiger partial charge in [-0.05, 0) is 42.3 Å². The zero-order valence-electron chi connectivity index (χ0n) is 16.2. The van der Waals surface area contributed by atoms with Gasteiger partial charge in [-0.1, -0.05) is 49.2 Å². The summed E-state index contributed by atoms with van der Waals surface area (Å²) in [4.78, 5) is 29.0. The predicted molar refractivity (Wildman–Crippen MR) is 115 cm³/mol. The average Bonchev–Trinajstić information content (AvgIpc) is 3.06. The molecule has 6 nitrogen and oxygen atoms in total. The summed E-state index contributed by atoms with van der Waals surface area (Å²) in [5.41, 5.74) is 7.41. The molecule has 3 aromatic rings. The number of hydrogen-bond acceptors (Lipinski definition) is 3. The average molecular weight is 411 g/mol. The van der Waals surface area contributed by atoms with Crippen LogP contribution in [0.2, 0.25) is 5.02 Å². The van der Waals surface area contributed by atoms with Crippen molar-refractivity contribution in [3.63, 3.8) is 0 Å². The quantitative estimate of drug-likeness (QED) is 0.458. The highest BCUT2D eigenvalue weighted by atomic mass is 35.5. The fraction of sp³-hybridized carbons (Fsp3) is 0.227. The highest BCUT2D eigenvalue weighted by Crippen LogP contribution is 2.17. The summed E-state index contributed by atoms with van der Waals surface area (Å²) in [5.74, 6) is 0.116. The van der Waals surface area contributed by atoms with Crippen molar-refractivity contribution in [2.75, 3.05) is 0 Å². The molecule has 1 aromatic heterocycles. The van der Waals surface area contributed by atoms with Gasteiger partial charge in [0.25, 0.3) is 11.8 Å². The first-order valence-corrected chi connectivity index (χ1v) is 9.91. The Hall–Kier alpha value is -3.12. The summed E-state index contributed by atoms with van der Waals surface area (Å²) in [6.07, 6.45) is 5.80. The van der Waals surface area contributed by atoms with Crippen LogP contribution < -0.4 is 10.9 Å². The number of amides is 2. The Labute approximate surface area is 174 Å². The Kier molecular flexibility index (Phi) is 7.03. The molecule has 0 fully saturated rings. The van der Waals surface area contributed by atoms with Crippen molar-refractivity contribution < 1.29 is 9.59 Å². The normalized spacial score (nSPS) is 11.1. The summed E-state index contributed by atoms with van der Waals surface area (Å²) in [6.45, 7) is 2.20. The number of aryl methyl sites for hydroxylation is 1. The molecule has 150 valence electrons. The monoisotopic (exact) mass is 410 g/mol. The van der Waals surface area contributed by atoms with Crippen LogP contribution in [-0.2, 0) is 22.6 Å². The molecule has 0 aliphatic carbocycles. The number of rotatable bonds is 7. The molecule has 2 aromatic carbocycles. The summed E-state index contributed by atoms with van der Waals surface area (Å²) < 4.78 is 1.90. The van der Waals surface area contributed by atoms with Crippen LogP contribution in [-0.4, -0.2) is 21.4 Å². The maximum atomic E-state index is 12.4. The van der Waals surface area contributed by atoms with Crippen LogP contribution in [0.4, 0.5) is 0 Å². The number of para-hydroxylation sites is 2. The molecular weight excluding hydrogens is 388 g/mol. The molecule has 2 amide bonds. The molecule has 0 spiro atoms. The molecule has 29 heavy (non-hydrogen) atoms. The van der Waals surface area contributed by atoms with Crippen molar-refractivity contribution in [2.24, 2.45) is 0 Å². The van der Waals surface area contributed by atoms with Crippen LogP contribution in [0.25, 0.3) is 17.1 Å². The number of carbonyl (C=O) groups excluding carboxylic acids is 2. The van der Waals surface area contributed by atoms with Gasteiger partial charge in [0.2, 0.25) is 0 Å². The number of nitrogens with zero attached hydrogens (tertiary/aromatic N) is 2. The number of fused-ring (bicyclic) bond motifs is 1. The smallest absolute Gasteiger partial charge is 0.262 e. The van der Waals surface area contributed by atoms with Crippen LogP contribution in [0.1, 0.15) is 31.2 Å². The predicted octanol–water partition coefficient (Wildman–Crippen LogP) is 3.89. The topological polar surface area (TPSA) is 76.0 Å². The second-order valence-corrected chi connectivity index (χ2v) is 7.07. The number of carbonyl (C=O) groups is 2. The molecule has 0 saturated heterocycles. The van der Waals surface area contributed by atoms with E-state index in [2.05, 4.69) is 22.8 Å². The first-order valence-electron chi connectivity index (χ1n) is 9.53. The Morgan fingerprint density at radius 1 is 1.14 bits per heavy atom. The van der Waals surface area contributed by atoms with E-state index in [1.165, 1.54) is 6.08 Å². The summed E-state index contributed by atoms with van der Waals surface area (Å²) in [7, 11) is 0. The number of unbranched alkanes of at least 4 members (excludes halogenated alkanes) is 1. The summed E-state index contributed by atoms with van der Waals surface area (Å²) in [5, 5.41) is 0.590. The molecule has 0 bridgehead atoms. The molecule has 2 N–H and O–H groups in total. The highest BCUT2D eigenvalue weighted by molar-refractivity contribution is 6.30. The first kappa shape index (κ1) is 20.6. The number of benzene rings is 2. The third kappa shape index (κ3) is 5.68. The standard InChI is InChI=1S/C22H23ClN4O2/c1-2-3-11-20-24-18-9-4-5-10-19(18)27(20)15-22(29)26-25-21(28)13-12-16-7-6-8-17(23)14-16/h4-10,12-14H,2-3,11,15H2,1H3,(H,25,28)(H,26,29)/b13-12+. The number of halogens is 1. The van der Waals surface area contributed by atoms with Crippen LogP contribution in [0, 0.1) is 0 Å². The molecule has 0 saturated carbocycles. The maximum absolute atomic E-state index is 12.4. The molecule has 0 aliphatic rings. The third-order valence-electron chi connectivity index (χ3n) is 4.39. The highest BCUT2D eigenvalue weighted by Gasteiger charge is 2.13. The van der Waals surface area contributed by atoms with Gasteiger partial charge in [-0.3, -0.25) is 20.4 Å². The van der Waals surface area contributed by atoms with Crippen molar-refractivity contribution >= 4 is 40.5 Å². The van der Waals surface area contributed by atoms with Crippen molar-refractivity contribution in [3.05, 3.63) is 71.0 Å². The largest absolute Gasteiger partial charge is 0.318 e. The maximum Gasteiger partial charge on any atom is 0.262 e. The molecular formula is C22H23ClN4O2. The van der Waals surface area contributed by atoms with Crippen LogP contribution in [0.3, 0.4) is 0 Å². The summed E-state index contributed by atoms with van der Waals surface area (Å²) in [6, 6.07) is 14.8. The van der Waals surface area contributed by atoms with Gasteiger partial charge in [0, 0.05) is 17.5 Å². The van der Waals surface area contributed by atoms with Crippen LogP contribution in [0.5, 0.6) is 0 Å². The van der Waals surface area contributed by atoms with E-state index in [9.17, 15) is 9.59 Å². The Bertz CT molecular complexity index is 1040. The van der Waals surface area contributed by atoms with E-state index in [1.807, 2.05) is 34.9 Å². The number of nitrogens with one attached hydrogen (secondary N) is 2. The van der Waals surface area contributed by atoms with Crippen molar-refractivity contribution in [2.45, 2.75) is 32.7 Å². The SMILES string of the molecule is CCCCc1nc2ccccc2n1CC(=O)NNC(=O)/C=C/c1cccc(Cl)c1. The van der Waals surface area contributed by atoms with Gasteiger partial charge in [-0.25, -0.2) is 4.98 Å². The number of hydrogen-bond donors (Lipinski definition) is 2. The fourth-order valence-corrected chi connectivity index (χ4v) is 3.16. The Morgan fingerprint density at radius 3 is 2.76 bits per heavy atom. The molecule has 7 heteroatoms. The third-order valence-corrected chi connectivity index (χ3v) is 4.63. The van der Waals surface area contributed by atoms with Gasteiger partial charge >= 0.3 is 0 Å². The molecule has 0 radical (unpaired) electrons. The minimum atomic E-state index is -0.431. The van der Waals surface area contributed by atoms with Gasteiger partial charge in [0.15, 0.2) is 0 Å². The Morgan fingerprint density at radius 2 is 1.97 bits per heavy atom. The Balaban J connectivity index is 1.61. The van der Waals surface area contributed by atoms with Gasteiger partial charge in [0.05, 0.1) is 11.0 Å². The van der Waals surface area contributed by atoms with Crippen molar-refractivity contribution in [1.82, 2.24) is 20.4 Å². The van der Waals surface area contributed by atoms with Gasteiger partial charge in [-0.2, -0.15) is 0 Å². The molecule has 1 heterocycles. The van der Waals surface area contributed by atoms with E-state index in [0.717, 1.165) is 41.7 Å². The lowest BCUT2D eigenvalue weighted by Gasteiger charge is -2.10. The molecule has 3 rings (SSSR count). The zero-order chi connectivity index (χ0) is 20.6. The van der Waals surface area contributed by atoms with E-state index in [1.54, 1.807) is 24.3 Å². The van der Waals surface area contributed by atoms with E-state index < -0.39 is 5.91 Å². The van der Waals surface area contributed by atoms with Crippen molar-refractivity contribution in [3.8, 4) is 0 Å². The van der Waals surface area contributed by atoms with E-state index in [0.29, 0.717) is 5.02 Å². The zero-order valence-corrected chi connectivity index (χ0v) is 16.9. The number of hydrazine groups is 1. The lowest BCUT2D eigenvalue weighted by molar-refractivity contribution is -0.127. The van der Waals surface area contributed by atoms with Gasteiger partial charge in [0.1, 0.15) is 12.4 Å². The lowest BCUT2D eigenvalue weighted by Crippen LogP contribution is -2.42. The minimum Gasteiger partial charge on any atom is -0.318 e. The van der Waals surface area contributed by atoms with E-state index in [-0.39, 0.29) is 12.5 Å². The van der Waals surface area contributed by atoms with E-state index in [4.69, 9.17) is 11.6 Å². The number of aromatic nitrogens is 2.